The number of rotatable bonds is 7. The number of hydrogen-bond donors (Lipinski definition) is 1. The molecule has 2 N–H and O–H groups in total. The van der Waals surface area contributed by atoms with Gasteiger partial charge in [0.25, 0.3) is 5.69 Å². The maximum absolute atomic E-state index is 10.8. The number of nitrogens with zero attached hydrogens (tertiary/aromatic N) is 3. The zero-order valence-corrected chi connectivity index (χ0v) is 15.2. The molecule has 1 fully saturated rings. The van der Waals surface area contributed by atoms with Crippen LogP contribution in [-0.2, 0) is 18.0 Å². The number of hydrogen-bond acceptors (Lipinski definition) is 5. The van der Waals surface area contributed by atoms with Gasteiger partial charge in [-0.25, -0.2) is 0 Å². The normalized spacial score (nSPS) is 15.5. The van der Waals surface area contributed by atoms with Crippen LogP contribution in [0.2, 0.25) is 0 Å². The van der Waals surface area contributed by atoms with Gasteiger partial charge in [0.05, 0.1) is 4.92 Å². The first-order valence-corrected chi connectivity index (χ1v) is 9.12. The molecule has 0 bridgehead atoms. The Balaban J connectivity index is 1.59. The van der Waals surface area contributed by atoms with Gasteiger partial charge < -0.3 is 10.6 Å². The van der Waals surface area contributed by atoms with E-state index in [1.807, 2.05) is 18.2 Å². The minimum absolute atomic E-state index is 0.0264. The molecule has 7 nitrogen and oxygen atoms in total. The number of piperidine rings is 1. The van der Waals surface area contributed by atoms with Crippen LogP contribution in [0.1, 0.15) is 36.0 Å². The molecule has 0 aliphatic carbocycles. The van der Waals surface area contributed by atoms with Gasteiger partial charge in [-0.3, -0.25) is 15.0 Å². The monoisotopic (exact) mass is 368 g/mol. The molecular weight excluding hydrogens is 344 g/mol. The van der Waals surface area contributed by atoms with E-state index < -0.39 is 4.92 Å². The van der Waals surface area contributed by atoms with E-state index in [0.29, 0.717) is 11.4 Å². The van der Waals surface area contributed by atoms with Crippen LogP contribution in [0.15, 0.2) is 53.7 Å². The molecule has 0 atom stereocenters. The highest BCUT2D eigenvalue weighted by atomic mass is 16.6. The molecule has 0 spiro atoms. The Morgan fingerprint density at radius 2 is 1.85 bits per heavy atom. The predicted octanol–water partition coefficient (Wildman–Crippen LogP) is 3.42. The van der Waals surface area contributed by atoms with Gasteiger partial charge in [0.15, 0.2) is 5.84 Å². The van der Waals surface area contributed by atoms with Gasteiger partial charge in [0, 0.05) is 24.2 Å². The van der Waals surface area contributed by atoms with Gasteiger partial charge in [-0.05, 0) is 43.1 Å². The number of non-ortho nitro benzene ring substituents is 1. The molecule has 7 heteroatoms. The Hall–Kier alpha value is -2.93. The third-order valence-electron chi connectivity index (χ3n) is 4.59. The highest BCUT2D eigenvalue weighted by Gasteiger charge is 2.11. The summed E-state index contributed by atoms with van der Waals surface area (Å²) in [6, 6.07) is 14.3. The Labute approximate surface area is 158 Å². The Bertz CT molecular complexity index is 816. The molecule has 27 heavy (non-hydrogen) atoms. The number of nitro groups is 1. The lowest BCUT2D eigenvalue weighted by atomic mass is 10.1. The molecule has 3 rings (SSSR count). The molecule has 0 aromatic heterocycles. The predicted molar refractivity (Wildman–Crippen MR) is 104 cm³/mol. The van der Waals surface area contributed by atoms with Gasteiger partial charge in [0.2, 0.25) is 0 Å². The number of likely N-dealkylation sites (tertiary alicyclic amines) is 1. The van der Waals surface area contributed by atoms with Crippen molar-refractivity contribution in [1.82, 2.24) is 4.90 Å². The first-order chi connectivity index (χ1) is 13.1. The largest absolute Gasteiger partial charge is 0.389 e. The molecule has 2 aromatic rings. The van der Waals surface area contributed by atoms with Crippen molar-refractivity contribution in [3.63, 3.8) is 0 Å². The van der Waals surface area contributed by atoms with Crippen molar-refractivity contribution >= 4 is 11.5 Å². The highest BCUT2D eigenvalue weighted by molar-refractivity contribution is 5.97. The van der Waals surface area contributed by atoms with E-state index >= 15 is 0 Å². The molecule has 1 aliphatic rings. The Kier molecular flexibility index (Phi) is 6.38. The van der Waals surface area contributed by atoms with Crippen molar-refractivity contribution in [2.75, 3.05) is 13.1 Å². The van der Waals surface area contributed by atoms with E-state index in [1.54, 1.807) is 12.1 Å². The summed E-state index contributed by atoms with van der Waals surface area (Å²) in [7, 11) is 0. The minimum atomic E-state index is -0.436. The first-order valence-electron chi connectivity index (χ1n) is 9.12. The number of nitrogens with two attached hydrogens (primary N) is 1. The summed E-state index contributed by atoms with van der Waals surface area (Å²) < 4.78 is 0. The van der Waals surface area contributed by atoms with Gasteiger partial charge in [-0.2, -0.15) is 0 Å². The second-order valence-electron chi connectivity index (χ2n) is 6.71. The SMILES string of the molecule is NC(=NOCc1cccc([N+](=O)[O-])c1)c1cccc(CN2CCCCC2)c1. The van der Waals surface area contributed by atoms with E-state index in [2.05, 4.69) is 16.1 Å². The number of amidine groups is 1. The summed E-state index contributed by atoms with van der Waals surface area (Å²) in [5.41, 5.74) is 8.74. The summed E-state index contributed by atoms with van der Waals surface area (Å²) in [5.74, 6) is 0.293. The average molecular weight is 368 g/mol. The minimum Gasteiger partial charge on any atom is -0.389 e. The van der Waals surface area contributed by atoms with Crippen LogP contribution in [0.4, 0.5) is 5.69 Å². The highest BCUT2D eigenvalue weighted by Crippen LogP contribution is 2.15. The van der Waals surface area contributed by atoms with E-state index in [0.717, 1.165) is 25.2 Å². The second-order valence-corrected chi connectivity index (χ2v) is 6.71. The maximum atomic E-state index is 10.8. The van der Waals surface area contributed by atoms with Crippen molar-refractivity contribution in [2.45, 2.75) is 32.4 Å². The lowest BCUT2D eigenvalue weighted by molar-refractivity contribution is -0.384. The third kappa shape index (κ3) is 5.52. The van der Waals surface area contributed by atoms with E-state index in [1.165, 1.54) is 37.0 Å². The van der Waals surface area contributed by atoms with Crippen molar-refractivity contribution in [1.29, 1.82) is 0 Å². The molecule has 0 amide bonds. The first kappa shape index (κ1) is 18.8. The summed E-state index contributed by atoms with van der Waals surface area (Å²) in [6.45, 7) is 3.31. The fourth-order valence-electron chi connectivity index (χ4n) is 3.19. The number of nitro benzene ring substituents is 1. The quantitative estimate of drug-likeness (QED) is 0.350. The zero-order valence-electron chi connectivity index (χ0n) is 15.2. The molecular formula is C20H24N4O3. The molecule has 2 aromatic carbocycles. The van der Waals surface area contributed by atoms with Crippen LogP contribution in [-0.4, -0.2) is 28.7 Å². The molecule has 0 unspecified atom stereocenters. The van der Waals surface area contributed by atoms with E-state index in [-0.39, 0.29) is 12.3 Å². The van der Waals surface area contributed by atoms with Crippen LogP contribution in [0, 0.1) is 10.1 Å². The molecule has 1 aliphatic heterocycles. The van der Waals surface area contributed by atoms with Gasteiger partial charge >= 0.3 is 0 Å². The van der Waals surface area contributed by atoms with Gasteiger partial charge in [0.1, 0.15) is 6.61 Å². The molecule has 1 heterocycles. The van der Waals surface area contributed by atoms with Crippen molar-refractivity contribution in [3.8, 4) is 0 Å². The van der Waals surface area contributed by atoms with Crippen LogP contribution >= 0.6 is 0 Å². The third-order valence-corrected chi connectivity index (χ3v) is 4.59. The summed E-state index contributed by atoms with van der Waals surface area (Å²) in [6.07, 6.45) is 3.83. The summed E-state index contributed by atoms with van der Waals surface area (Å²) >= 11 is 0. The summed E-state index contributed by atoms with van der Waals surface area (Å²) in [5, 5.41) is 14.8. The Morgan fingerprint density at radius 3 is 2.63 bits per heavy atom. The van der Waals surface area contributed by atoms with E-state index in [4.69, 9.17) is 10.6 Å². The molecule has 0 radical (unpaired) electrons. The van der Waals surface area contributed by atoms with Gasteiger partial charge in [-0.1, -0.05) is 41.9 Å². The molecule has 142 valence electrons. The van der Waals surface area contributed by atoms with Crippen LogP contribution in [0.3, 0.4) is 0 Å². The zero-order chi connectivity index (χ0) is 19.1. The van der Waals surface area contributed by atoms with Gasteiger partial charge in [-0.15, -0.1) is 0 Å². The molecule has 1 saturated heterocycles. The lowest BCUT2D eigenvalue weighted by Crippen LogP contribution is -2.29. The fraction of sp³-hybridized carbons (Fsp3) is 0.350. The van der Waals surface area contributed by atoms with Crippen LogP contribution < -0.4 is 5.73 Å². The van der Waals surface area contributed by atoms with Crippen molar-refractivity contribution in [3.05, 3.63) is 75.3 Å². The van der Waals surface area contributed by atoms with Crippen LogP contribution in [0.25, 0.3) is 0 Å². The maximum Gasteiger partial charge on any atom is 0.269 e. The second kappa shape index (κ2) is 9.14. The number of oxime groups is 1. The smallest absolute Gasteiger partial charge is 0.269 e. The topological polar surface area (TPSA) is 94.0 Å². The Morgan fingerprint density at radius 1 is 1.11 bits per heavy atom. The van der Waals surface area contributed by atoms with Crippen molar-refractivity contribution in [2.24, 2.45) is 10.9 Å². The lowest BCUT2D eigenvalue weighted by Gasteiger charge is -2.26. The van der Waals surface area contributed by atoms with Crippen molar-refractivity contribution < 1.29 is 9.76 Å². The summed E-state index contributed by atoms with van der Waals surface area (Å²) in [4.78, 5) is 18.1. The standard InChI is InChI=1S/C20H24N4O3/c21-20(22-27-15-17-7-5-9-19(13-17)24(25)26)18-8-4-6-16(12-18)14-23-10-2-1-3-11-23/h4-9,12-13H,1-3,10-11,14-15H2,(H2,21,22). The van der Waals surface area contributed by atoms with Crippen LogP contribution in [0.5, 0.6) is 0 Å². The average Bonchev–Trinajstić information content (AvgIpc) is 2.69. The number of benzene rings is 2. The van der Waals surface area contributed by atoms with E-state index in [9.17, 15) is 10.1 Å². The molecule has 0 saturated carbocycles. The fourth-order valence-corrected chi connectivity index (χ4v) is 3.19.